The molecule has 0 saturated heterocycles. The molecule has 1 aliphatic heterocycles. The van der Waals surface area contributed by atoms with E-state index in [1.165, 1.54) is 15.9 Å². The van der Waals surface area contributed by atoms with Crippen LogP contribution in [0, 0.1) is 5.82 Å². The molecule has 0 aliphatic carbocycles. The highest BCUT2D eigenvalue weighted by Gasteiger charge is 2.29. The molecule has 0 spiro atoms. The lowest BCUT2D eigenvalue weighted by Crippen LogP contribution is -2.17. The maximum absolute atomic E-state index is 14.9. The number of para-hydroxylation sites is 2. The Morgan fingerprint density at radius 2 is 1.27 bits per heavy atom. The molecule has 2 nitrogen and oxygen atoms in total. The van der Waals surface area contributed by atoms with Gasteiger partial charge in [0, 0.05) is 32.6 Å². The SMILES string of the molecule is Fc1ccccc1-c1cc2ccccn2c1N1c2ccccc2Sc2ccccc21. The Labute approximate surface area is 178 Å². The van der Waals surface area contributed by atoms with Crippen molar-refractivity contribution in [1.29, 1.82) is 0 Å². The first kappa shape index (κ1) is 17.4. The number of halogens is 1. The van der Waals surface area contributed by atoms with Crippen molar-refractivity contribution in [3.05, 3.63) is 109 Å². The van der Waals surface area contributed by atoms with Crippen molar-refractivity contribution in [3.8, 4) is 11.1 Å². The summed E-state index contributed by atoms with van der Waals surface area (Å²) in [6, 6.07) is 31.9. The summed E-state index contributed by atoms with van der Waals surface area (Å²) < 4.78 is 17.1. The highest BCUT2D eigenvalue weighted by molar-refractivity contribution is 7.99. The van der Waals surface area contributed by atoms with E-state index in [1.54, 1.807) is 17.8 Å². The van der Waals surface area contributed by atoms with Gasteiger partial charge in [0.15, 0.2) is 0 Å². The number of benzene rings is 3. The van der Waals surface area contributed by atoms with Crippen molar-refractivity contribution < 1.29 is 4.39 Å². The molecular formula is C26H17FN2S. The van der Waals surface area contributed by atoms with Crippen LogP contribution in [0.15, 0.2) is 113 Å². The Morgan fingerprint density at radius 3 is 2.00 bits per heavy atom. The van der Waals surface area contributed by atoms with Crippen molar-refractivity contribution in [2.75, 3.05) is 4.90 Å². The lowest BCUT2D eigenvalue weighted by Gasteiger charge is -2.33. The second kappa shape index (κ2) is 6.78. The summed E-state index contributed by atoms with van der Waals surface area (Å²) in [7, 11) is 0. The fourth-order valence-corrected chi connectivity index (χ4v) is 5.21. The Morgan fingerprint density at radius 1 is 0.633 bits per heavy atom. The van der Waals surface area contributed by atoms with Gasteiger partial charge in [0.1, 0.15) is 11.6 Å². The Kier molecular flexibility index (Phi) is 3.93. The molecule has 0 fully saturated rings. The summed E-state index contributed by atoms with van der Waals surface area (Å²) in [5.41, 5.74) is 4.70. The van der Waals surface area contributed by atoms with Gasteiger partial charge in [-0.1, -0.05) is 60.3 Å². The minimum absolute atomic E-state index is 0.220. The van der Waals surface area contributed by atoms with Crippen LogP contribution in [0.25, 0.3) is 16.6 Å². The Bertz CT molecular complexity index is 1360. The number of hydrogen-bond acceptors (Lipinski definition) is 2. The van der Waals surface area contributed by atoms with Gasteiger partial charge in [-0.2, -0.15) is 0 Å². The van der Waals surface area contributed by atoms with Gasteiger partial charge in [0.2, 0.25) is 0 Å². The minimum atomic E-state index is -0.220. The highest BCUT2D eigenvalue weighted by Crippen LogP contribution is 2.53. The molecule has 0 bridgehead atoms. The number of aromatic nitrogens is 1. The van der Waals surface area contributed by atoms with E-state index in [0.717, 1.165) is 28.3 Å². The van der Waals surface area contributed by atoms with E-state index in [2.05, 4.69) is 70.0 Å². The fraction of sp³-hybridized carbons (Fsp3) is 0. The summed E-state index contributed by atoms with van der Waals surface area (Å²) in [5.74, 6) is 0.721. The quantitative estimate of drug-likeness (QED) is 0.290. The van der Waals surface area contributed by atoms with Crippen molar-refractivity contribution in [2.45, 2.75) is 9.79 Å². The van der Waals surface area contributed by atoms with Crippen LogP contribution in [0.2, 0.25) is 0 Å². The van der Waals surface area contributed by atoms with Gasteiger partial charge in [-0.25, -0.2) is 4.39 Å². The number of pyridine rings is 1. The molecule has 0 amide bonds. The van der Waals surface area contributed by atoms with Crippen LogP contribution in [0.3, 0.4) is 0 Å². The van der Waals surface area contributed by atoms with Crippen LogP contribution in [-0.2, 0) is 0 Å². The van der Waals surface area contributed by atoms with E-state index in [-0.39, 0.29) is 5.82 Å². The van der Waals surface area contributed by atoms with E-state index in [9.17, 15) is 4.39 Å². The summed E-state index contributed by atoms with van der Waals surface area (Å²) in [6.07, 6.45) is 2.04. The zero-order chi connectivity index (χ0) is 20.1. The van der Waals surface area contributed by atoms with Crippen LogP contribution >= 0.6 is 11.8 Å². The summed E-state index contributed by atoms with van der Waals surface area (Å²) in [6.45, 7) is 0. The third-order valence-electron chi connectivity index (χ3n) is 5.46. The standard InChI is InChI=1S/C26H17FN2S/c27-21-11-2-1-10-19(21)20-17-18-9-7-8-16-28(18)26(20)29-22-12-3-5-14-24(22)30-25-15-6-4-13-23(25)29/h1-17H. The maximum atomic E-state index is 14.9. The molecule has 0 radical (unpaired) electrons. The molecule has 144 valence electrons. The summed E-state index contributed by atoms with van der Waals surface area (Å²) in [5, 5.41) is 0. The smallest absolute Gasteiger partial charge is 0.131 e. The van der Waals surface area contributed by atoms with E-state index < -0.39 is 0 Å². The first-order valence-corrected chi connectivity index (χ1v) is 10.6. The monoisotopic (exact) mass is 408 g/mol. The molecule has 3 heterocycles. The lowest BCUT2D eigenvalue weighted by atomic mass is 10.1. The van der Waals surface area contributed by atoms with Crippen LogP contribution in [0.1, 0.15) is 0 Å². The van der Waals surface area contributed by atoms with Gasteiger partial charge in [0.05, 0.1) is 11.4 Å². The van der Waals surface area contributed by atoms with Gasteiger partial charge in [-0.15, -0.1) is 0 Å². The average molecular weight is 409 g/mol. The molecule has 3 aromatic carbocycles. The summed E-state index contributed by atoms with van der Waals surface area (Å²) >= 11 is 1.77. The third kappa shape index (κ3) is 2.57. The van der Waals surface area contributed by atoms with E-state index in [0.29, 0.717) is 5.56 Å². The first-order chi connectivity index (χ1) is 14.8. The molecule has 5 aromatic rings. The largest absolute Gasteiger partial charge is 0.302 e. The molecule has 6 rings (SSSR count). The Balaban J connectivity index is 1.73. The maximum Gasteiger partial charge on any atom is 0.131 e. The van der Waals surface area contributed by atoms with E-state index in [4.69, 9.17) is 0 Å². The van der Waals surface area contributed by atoms with E-state index >= 15 is 0 Å². The molecule has 4 heteroatoms. The zero-order valence-electron chi connectivity index (χ0n) is 16.0. The molecular weight excluding hydrogens is 391 g/mol. The van der Waals surface area contributed by atoms with Gasteiger partial charge in [0.25, 0.3) is 0 Å². The van der Waals surface area contributed by atoms with Crippen molar-refractivity contribution >= 4 is 34.5 Å². The Hall–Kier alpha value is -3.50. The number of hydrogen-bond donors (Lipinski definition) is 0. The third-order valence-corrected chi connectivity index (χ3v) is 6.59. The van der Waals surface area contributed by atoms with Crippen LogP contribution in [0.4, 0.5) is 21.6 Å². The van der Waals surface area contributed by atoms with E-state index in [1.807, 2.05) is 30.5 Å². The van der Waals surface area contributed by atoms with Crippen molar-refractivity contribution in [3.63, 3.8) is 0 Å². The van der Waals surface area contributed by atoms with Crippen LogP contribution in [-0.4, -0.2) is 4.40 Å². The van der Waals surface area contributed by atoms with Gasteiger partial charge in [-0.05, 0) is 48.5 Å². The molecule has 0 N–H and O–H groups in total. The number of fused-ring (bicyclic) bond motifs is 3. The highest BCUT2D eigenvalue weighted by atomic mass is 32.2. The molecule has 0 atom stereocenters. The van der Waals surface area contributed by atoms with Gasteiger partial charge < -0.3 is 4.40 Å². The molecule has 0 saturated carbocycles. The van der Waals surface area contributed by atoms with Gasteiger partial charge in [-0.3, -0.25) is 4.90 Å². The second-order valence-corrected chi connectivity index (χ2v) is 8.31. The van der Waals surface area contributed by atoms with Crippen LogP contribution in [0.5, 0.6) is 0 Å². The number of nitrogens with zero attached hydrogens (tertiary/aromatic N) is 2. The fourth-order valence-electron chi connectivity index (χ4n) is 4.15. The molecule has 0 unspecified atom stereocenters. The second-order valence-electron chi connectivity index (χ2n) is 7.23. The first-order valence-electron chi connectivity index (χ1n) is 9.82. The van der Waals surface area contributed by atoms with Crippen molar-refractivity contribution in [2.24, 2.45) is 0 Å². The predicted molar refractivity (Wildman–Crippen MR) is 122 cm³/mol. The van der Waals surface area contributed by atoms with Crippen molar-refractivity contribution in [1.82, 2.24) is 4.40 Å². The van der Waals surface area contributed by atoms with Gasteiger partial charge >= 0.3 is 0 Å². The van der Waals surface area contributed by atoms with Crippen LogP contribution < -0.4 is 4.90 Å². The molecule has 30 heavy (non-hydrogen) atoms. The molecule has 2 aromatic heterocycles. The lowest BCUT2D eigenvalue weighted by molar-refractivity contribution is 0.631. The zero-order valence-corrected chi connectivity index (χ0v) is 16.8. The topological polar surface area (TPSA) is 7.65 Å². The predicted octanol–water partition coefficient (Wildman–Crippen LogP) is 7.68. The minimum Gasteiger partial charge on any atom is -0.302 e. The summed E-state index contributed by atoms with van der Waals surface area (Å²) in [4.78, 5) is 4.62. The molecule has 1 aliphatic rings. The average Bonchev–Trinajstić information content (AvgIpc) is 3.16. The number of anilines is 3. The normalized spacial score (nSPS) is 12.6. The number of rotatable bonds is 2.